The van der Waals surface area contributed by atoms with Crippen molar-refractivity contribution in [2.45, 2.75) is 59.2 Å². The van der Waals surface area contributed by atoms with E-state index < -0.39 is 0 Å². The molecule has 1 N–H and O–H groups in total. The SMILES string of the molecule is CC(C)N(C)C(C)CNC(C)(C)C. The maximum absolute atomic E-state index is 3.52. The Kier molecular flexibility index (Phi) is 4.93. The molecule has 0 aliphatic carbocycles. The van der Waals surface area contributed by atoms with Crippen molar-refractivity contribution in [3.63, 3.8) is 0 Å². The minimum atomic E-state index is 0.228. The van der Waals surface area contributed by atoms with Crippen LogP contribution in [0.4, 0.5) is 0 Å². The third-order valence-electron chi connectivity index (χ3n) is 2.44. The molecule has 0 spiro atoms. The van der Waals surface area contributed by atoms with Crippen LogP contribution in [0.2, 0.25) is 0 Å². The number of likely N-dealkylation sites (N-methyl/N-ethyl adjacent to an activating group) is 1. The van der Waals surface area contributed by atoms with Gasteiger partial charge in [-0.3, -0.25) is 0 Å². The van der Waals surface area contributed by atoms with Gasteiger partial charge in [-0.1, -0.05) is 0 Å². The van der Waals surface area contributed by atoms with Crippen molar-refractivity contribution < 1.29 is 0 Å². The lowest BCUT2D eigenvalue weighted by Crippen LogP contribution is -2.46. The summed E-state index contributed by atoms with van der Waals surface area (Å²) in [6.45, 7) is 14.4. The molecule has 0 aliphatic heterocycles. The number of nitrogens with one attached hydrogen (secondary N) is 1. The van der Waals surface area contributed by atoms with E-state index >= 15 is 0 Å². The van der Waals surface area contributed by atoms with Gasteiger partial charge in [-0.15, -0.1) is 0 Å². The molecule has 0 bridgehead atoms. The average molecular weight is 186 g/mol. The molecule has 1 atom stereocenters. The summed E-state index contributed by atoms with van der Waals surface area (Å²) in [6.07, 6.45) is 0. The summed E-state index contributed by atoms with van der Waals surface area (Å²) in [4.78, 5) is 2.39. The third-order valence-corrected chi connectivity index (χ3v) is 2.44. The topological polar surface area (TPSA) is 15.3 Å². The fraction of sp³-hybridized carbons (Fsp3) is 1.00. The van der Waals surface area contributed by atoms with Crippen molar-refractivity contribution in [3.05, 3.63) is 0 Å². The van der Waals surface area contributed by atoms with Gasteiger partial charge in [0.2, 0.25) is 0 Å². The molecule has 0 heterocycles. The largest absolute Gasteiger partial charge is 0.311 e. The maximum Gasteiger partial charge on any atom is 0.0192 e. The molecule has 80 valence electrons. The molecule has 0 aliphatic rings. The highest BCUT2D eigenvalue weighted by Gasteiger charge is 2.15. The van der Waals surface area contributed by atoms with E-state index in [0.29, 0.717) is 12.1 Å². The highest BCUT2D eigenvalue weighted by molar-refractivity contribution is 4.76. The summed E-state index contributed by atoms with van der Waals surface area (Å²) < 4.78 is 0. The van der Waals surface area contributed by atoms with Gasteiger partial charge in [0.15, 0.2) is 0 Å². The molecule has 2 nitrogen and oxygen atoms in total. The van der Waals surface area contributed by atoms with E-state index in [-0.39, 0.29) is 5.54 Å². The molecule has 1 unspecified atom stereocenters. The molecule has 0 rings (SSSR count). The van der Waals surface area contributed by atoms with E-state index in [1.165, 1.54) is 0 Å². The van der Waals surface area contributed by atoms with Crippen molar-refractivity contribution in [2.24, 2.45) is 0 Å². The summed E-state index contributed by atoms with van der Waals surface area (Å²) >= 11 is 0. The number of hydrogen-bond acceptors (Lipinski definition) is 2. The van der Waals surface area contributed by atoms with Crippen LogP contribution < -0.4 is 5.32 Å². The lowest BCUT2D eigenvalue weighted by molar-refractivity contribution is 0.194. The summed E-state index contributed by atoms with van der Waals surface area (Å²) in [5, 5.41) is 3.52. The van der Waals surface area contributed by atoms with Gasteiger partial charge in [-0.05, 0) is 48.6 Å². The second-order valence-electron chi connectivity index (χ2n) is 5.24. The molecular formula is C11H26N2. The van der Waals surface area contributed by atoms with Gasteiger partial charge in [-0.2, -0.15) is 0 Å². The minimum Gasteiger partial charge on any atom is -0.311 e. The van der Waals surface area contributed by atoms with E-state index in [1.54, 1.807) is 0 Å². The van der Waals surface area contributed by atoms with E-state index in [1.807, 2.05) is 0 Å². The molecule has 0 fully saturated rings. The smallest absolute Gasteiger partial charge is 0.0192 e. The van der Waals surface area contributed by atoms with Gasteiger partial charge in [0.05, 0.1) is 0 Å². The van der Waals surface area contributed by atoms with E-state index in [4.69, 9.17) is 0 Å². The van der Waals surface area contributed by atoms with Crippen LogP contribution >= 0.6 is 0 Å². The maximum atomic E-state index is 3.52. The Balaban J connectivity index is 3.81. The number of rotatable bonds is 4. The predicted molar refractivity (Wildman–Crippen MR) is 60.1 cm³/mol. The highest BCUT2D eigenvalue weighted by Crippen LogP contribution is 2.03. The van der Waals surface area contributed by atoms with Crippen LogP contribution in [0.25, 0.3) is 0 Å². The molecule has 0 saturated carbocycles. The zero-order valence-corrected chi connectivity index (χ0v) is 10.3. The van der Waals surface area contributed by atoms with Crippen LogP contribution in [0.3, 0.4) is 0 Å². The van der Waals surface area contributed by atoms with Gasteiger partial charge in [0.25, 0.3) is 0 Å². The zero-order chi connectivity index (χ0) is 10.6. The first-order chi connectivity index (χ1) is 5.74. The molecule has 0 radical (unpaired) electrons. The standard InChI is InChI=1S/C11H26N2/c1-9(2)13(7)10(3)8-12-11(4,5)6/h9-10,12H,8H2,1-7H3. The fourth-order valence-corrected chi connectivity index (χ4v) is 1.11. The van der Waals surface area contributed by atoms with Gasteiger partial charge in [0, 0.05) is 24.2 Å². The van der Waals surface area contributed by atoms with Crippen LogP contribution in [0.5, 0.6) is 0 Å². The van der Waals surface area contributed by atoms with Crippen LogP contribution in [-0.4, -0.2) is 36.1 Å². The summed E-state index contributed by atoms with van der Waals surface area (Å²) in [5.41, 5.74) is 0.228. The zero-order valence-electron chi connectivity index (χ0n) is 10.3. The first kappa shape index (κ1) is 12.9. The predicted octanol–water partition coefficient (Wildman–Crippen LogP) is 2.10. The highest BCUT2D eigenvalue weighted by atomic mass is 15.2. The molecule has 2 heteroatoms. The Labute approximate surface area is 83.7 Å². The Morgan fingerprint density at radius 3 is 1.92 bits per heavy atom. The molecule has 13 heavy (non-hydrogen) atoms. The normalized spacial score (nSPS) is 15.5. The van der Waals surface area contributed by atoms with Gasteiger partial charge in [0.1, 0.15) is 0 Å². The summed E-state index contributed by atoms with van der Waals surface area (Å²) in [6, 6.07) is 1.22. The van der Waals surface area contributed by atoms with Crippen molar-refractivity contribution in [1.82, 2.24) is 10.2 Å². The van der Waals surface area contributed by atoms with E-state index in [0.717, 1.165) is 6.54 Å². The average Bonchev–Trinajstić information content (AvgIpc) is 1.97. The van der Waals surface area contributed by atoms with Crippen LogP contribution in [-0.2, 0) is 0 Å². The minimum absolute atomic E-state index is 0.228. The summed E-state index contributed by atoms with van der Waals surface area (Å²) in [7, 11) is 2.18. The molecule has 0 saturated heterocycles. The molecule has 0 aromatic heterocycles. The fourth-order valence-electron chi connectivity index (χ4n) is 1.11. The Morgan fingerprint density at radius 1 is 1.15 bits per heavy atom. The first-order valence-corrected chi connectivity index (χ1v) is 5.21. The van der Waals surface area contributed by atoms with Crippen LogP contribution in [0.1, 0.15) is 41.5 Å². The Bertz CT molecular complexity index is 136. The van der Waals surface area contributed by atoms with Crippen LogP contribution in [0.15, 0.2) is 0 Å². The second kappa shape index (κ2) is 4.97. The lowest BCUT2D eigenvalue weighted by Gasteiger charge is -2.31. The first-order valence-electron chi connectivity index (χ1n) is 5.21. The van der Waals surface area contributed by atoms with Gasteiger partial charge >= 0.3 is 0 Å². The van der Waals surface area contributed by atoms with Crippen LogP contribution in [0, 0.1) is 0 Å². The Morgan fingerprint density at radius 2 is 1.62 bits per heavy atom. The second-order valence-corrected chi connectivity index (χ2v) is 5.24. The van der Waals surface area contributed by atoms with E-state index in [2.05, 4.69) is 58.8 Å². The lowest BCUT2D eigenvalue weighted by atomic mass is 10.1. The van der Waals surface area contributed by atoms with E-state index in [9.17, 15) is 0 Å². The quantitative estimate of drug-likeness (QED) is 0.723. The number of hydrogen-bond donors (Lipinski definition) is 1. The van der Waals surface area contributed by atoms with Gasteiger partial charge in [-0.25, -0.2) is 0 Å². The monoisotopic (exact) mass is 186 g/mol. The van der Waals surface area contributed by atoms with Crippen molar-refractivity contribution in [3.8, 4) is 0 Å². The summed E-state index contributed by atoms with van der Waals surface area (Å²) in [5.74, 6) is 0. The van der Waals surface area contributed by atoms with Crippen molar-refractivity contribution >= 4 is 0 Å². The molecule has 0 aromatic carbocycles. The van der Waals surface area contributed by atoms with Gasteiger partial charge < -0.3 is 10.2 Å². The molecule has 0 aromatic rings. The van der Waals surface area contributed by atoms with Crippen molar-refractivity contribution in [1.29, 1.82) is 0 Å². The van der Waals surface area contributed by atoms with Crippen molar-refractivity contribution in [2.75, 3.05) is 13.6 Å². The molecular weight excluding hydrogens is 160 g/mol. The number of nitrogens with zero attached hydrogens (tertiary/aromatic N) is 1. The third kappa shape index (κ3) is 6.05. The molecule has 0 amide bonds. The Hall–Kier alpha value is -0.0800.